The van der Waals surface area contributed by atoms with Crippen molar-refractivity contribution < 1.29 is 9.53 Å². The van der Waals surface area contributed by atoms with E-state index in [2.05, 4.69) is 23.2 Å². The summed E-state index contributed by atoms with van der Waals surface area (Å²) < 4.78 is 5.64. The highest BCUT2D eigenvalue weighted by molar-refractivity contribution is 5.91. The number of urea groups is 1. The van der Waals surface area contributed by atoms with Gasteiger partial charge in [-0.3, -0.25) is 0 Å². The number of carbonyl (C=O) groups excluding carboxylic acids is 1. The number of hydrogen-bond donors (Lipinski definition) is 1. The largest absolute Gasteiger partial charge is 0.378 e. The molecule has 2 amide bonds. The number of benzene rings is 1. The Bertz CT molecular complexity index is 578. The Kier molecular flexibility index (Phi) is 6.19. The third-order valence-electron chi connectivity index (χ3n) is 5.38. The normalized spacial score (nSPS) is 20.1. The molecule has 1 N–H and O–H groups in total. The molecule has 1 aromatic carbocycles. The van der Waals surface area contributed by atoms with Crippen LogP contribution in [0.4, 0.5) is 16.2 Å². The average molecular weight is 345 g/mol. The van der Waals surface area contributed by atoms with Crippen LogP contribution < -0.4 is 10.2 Å². The molecule has 0 saturated carbocycles. The second-order valence-corrected chi connectivity index (χ2v) is 7.27. The van der Waals surface area contributed by atoms with E-state index in [0.717, 1.165) is 50.3 Å². The lowest BCUT2D eigenvalue weighted by Gasteiger charge is -2.23. The van der Waals surface area contributed by atoms with Crippen LogP contribution in [0.15, 0.2) is 18.2 Å². The quantitative estimate of drug-likeness (QED) is 0.847. The Labute approximate surface area is 151 Å². The van der Waals surface area contributed by atoms with Gasteiger partial charge in [0.2, 0.25) is 0 Å². The molecule has 25 heavy (non-hydrogen) atoms. The van der Waals surface area contributed by atoms with Crippen molar-refractivity contribution in [1.82, 2.24) is 4.90 Å². The van der Waals surface area contributed by atoms with Gasteiger partial charge in [0.25, 0.3) is 0 Å². The summed E-state index contributed by atoms with van der Waals surface area (Å²) in [6, 6.07) is 6.15. The molecule has 0 aromatic heterocycles. The molecule has 1 aromatic rings. The molecule has 0 unspecified atom stereocenters. The van der Waals surface area contributed by atoms with Crippen LogP contribution in [0.5, 0.6) is 0 Å². The number of anilines is 2. The molecule has 2 fully saturated rings. The number of ether oxygens (including phenoxy) is 1. The van der Waals surface area contributed by atoms with Crippen LogP contribution >= 0.6 is 0 Å². The van der Waals surface area contributed by atoms with Crippen LogP contribution in [-0.4, -0.2) is 50.3 Å². The van der Waals surface area contributed by atoms with Crippen molar-refractivity contribution in [3.05, 3.63) is 23.8 Å². The second kappa shape index (κ2) is 8.56. The molecule has 2 aliphatic heterocycles. The topological polar surface area (TPSA) is 44.8 Å². The molecule has 0 aliphatic carbocycles. The minimum absolute atomic E-state index is 0.0333. The van der Waals surface area contributed by atoms with E-state index >= 15 is 0 Å². The Morgan fingerprint density at radius 1 is 1.32 bits per heavy atom. The van der Waals surface area contributed by atoms with Crippen LogP contribution in [0.3, 0.4) is 0 Å². The van der Waals surface area contributed by atoms with Crippen molar-refractivity contribution >= 4 is 17.4 Å². The molecule has 2 heterocycles. The SMILES string of the molecule is Cc1c(NC(=O)N(C)CCC[C@@H]2CCCO2)cccc1N1CCCC1. The van der Waals surface area contributed by atoms with Gasteiger partial charge in [0.05, 0.1) is 6.10 Å². The highest BCUT2D eigenvalue weighted by Crippen LogP contribution is 2.29. The molecular weight excluding hydrogens is 314 g/mol. The van der Waals surface area contributed by atoms with E-state index in [0.29, 0.717) is 6.10 Å². The average Bonchev–Trinajstić information content (AvgIpc) is 3.30. The van der Waals surface area contributed by atoms with Crippen LogP contribution in [0.2, 0.25) is 0 Å². The summed E-state index contributed by atoms with van der Waals surface area (Å²) in [6.07, 6.45) is 7.28. The second-order valence-electron chi connectivity index (χ2n) is 7.27. The van der Waals surface area contributed by atoms with Gasteiger partial charge in [0, 0.05) is 44.7 Å². The number of nitrogens with zero attached hydrogens (tertiary/aromatic N) is 2. The molecule has 2 saturated heterocycles. The van der Waals surface area contributed by atoms with Gasteiger partial charge in [-0.15, -0.1) is 0 Å². The van der Waals surface area contributed by atoms with Gasteiger partial charge in [-0.25, -0.2) is 4.79 Å². The standard InChI is InChI=1S/C20H31N3O2/c1-16-18(10-5-11-19(16)23-13-3-4-14-23)21-20(24)22(2)12-6-8-17-9-7-15-25-17/h5,10-11,17H,3-4,6-9,12-15H2,1-2H3,(H,21,24)/t17-/m1/s1. The summed E-state index contributed by atoms with van der Waals surface area (Å²) in [5.74, 6) is 0. The molecular formula is C20H31N3O2. The number of amides is 2. The van der Waals surface area contributed by atoms with Crippen molar-refractivity contribution in [1.29, 1.82) is 0 Å². The van der Waals surface area contributed by atoms with Gasteiger partial charge < -0.3 is 19.9 Å². The van der Waals surface area contributed by atoms with E-state index in [1.165, 1.54) is 31.4 Å². The van der Waals surface area contributed by atoms with E-state index in [1.54, 1.807) is 4.90 Å². The van der Waals surface area contributed by atoms with Crippen molar-refractivity contribution in [2.75, 3.05) is 43.5 Å². The third kappa shape index (κ3) is 4.66. The van der Waals surface area contributed by atoms with Gasteiger partial charge in [0.1, 0.15) is 0 Å². The first-order valence-electron chi connectivity index (χ1n) is 9.63. The van der Waals surface area contributed by atoms with Gasteiger partial charge >= 0.3 is 6.03 Å². The molecule has 0 spiro atoms. The number of nitrogens with one attached hydrogen (secondary N) is 1. The molecule has 3 rings (SSSR count). The zero-order valence-electron chi connectivity index (χ0n) is 15.6. The first-order chi connectivity index (χ1) is 12.1. The summed E-state index contributed by atoms with van der Waals surface area (Å²) in [4.78, 5) is 16.7. The maximum absolute atomic E-state index is 12.5. The highest BCUT2D eigenvalue weighted by atomic mass is 16.5. The molecule has 0 radical (unpaired) electrons. The fraction of sp³-hybridized carbons (Fsp3) is 0.650. The lowest BCUT2D eigenvalue weighted by atomic mass is 10.1. The third-order valence-corrected chi connectivity index (χ3v) is 5.38. The maximum atomic E-state index is 12.5. The summed E-state index contributed by atoms with van der Waals surface area (Å²) in [5.41, 5.74) is 3.32. The number of carbonyl (C=O) groups is 1. The Balaban J connectivity index is 1.52. The minimum atomic E-state index is -0.0333. The predicted molar refractivity (Wildman–Crippen MR) is 102 cm³/mol. The Morgan fingerprint density at radius 2 is 2.12 bits per heavy atom. The summed E-state index contributed by atoms with van der Waals surface area (Å²) in [7, 11) is 1.87. The van der Waals surface area contributed by atoms with Crippen LogP contribution in [0.1, 0.15) is 44.1 Å². The van der Waals surface area contributed by atoms with E-state index < -0.39 is 0 Å². The highest BCUT2D eigenvalue weighted by Gasteiger charge is 2.18. The first kappa shape index (κ1) is 18.1. The lowest BCUT2D eigenvalue weighted by Crippen LogP contribution is -2.33. The van der Waals surface area contributed by atoms with E-state index in [4.69, 9.17) is 4.74 Å². The van der Waals surface area contributed by atoms with Crippen LogP contribution in [0, 0.1) is 6.92 Å². The van der Waals surface area contributed by atoms with Gasteiger partial charge in [-0.05, 0) is 63.1 Å². The minimum Gasteiger partial charge on any atom is -0.378 e. The smallest absolute Gasteiger partial charge is 0.321 e. The molecule has 1 atom stereocenters. The summed E-state index contributed by atoms with van der Waals surface area (Å²) in [6.45, 7) is 5.98. The Hall–Kier alpha value is -1.75. The van der Waals surface area contributed by atoms with Gasteiger partial charge in [-0.2, -0.15) is 0 Å². The van der Waals surface area contributed by atoms with Crippen molar-refractivity contribution in [2.45, 2.75) is 51.6 Å². The zero-order chi connectivity index (χ0) is 17.6. The van der Waals surface area contributed by atoms with Gasteiger partial charge in [-0.1, -0.05) is 6.07 Å². The molecule has 2 aliphatic rings. The zero-order valence-corrected chi connectivity index (χ0v) is 15.6. The maximum Gasteiger partial charge on any atom is 0.321 e. The fourth-order valence-electron chi connectivity index (χ4n) is 3.80. The van der Waals surface area contributed by atoms with E-state index in [-0.39, 0.29) is 6.03 Å². The predicted octanol–water partition coefficient (Wildman–Crippen LogP) is 4.02. The molecule has 5 nitrogen and oxygen atoms in total. The Morgan fingerprint density at radius 3 is 2.84 bits per heavy atom. The van der Waals surface area contributed by atoms with Gasteiger partial charge in [0.15, 0.2) is 0 Å². The molecule has 138 valence electrons. The van der Waals surface area contributed by atoms with Crippen LogP contribution in [0.25, 0.3) is 0 Å². The monoisotopic (exact) mass is 345 g/mol. The number of hydrogen-bond acceptors (Lipinski definition) is 3. The fourth-order valence-corrected chi connectivity index (χ4v) is 3.80. The number of rotatable bonds is 6. The van der Waals surface area contributed by atoms with Crippen molar-refractivity contribution in [3.63, 3.8) is 0 Å². The first-order valence-corrected chi connectivity index (χ1v) is 9.63. The van der Waals surface area contributed by atoms with Crippen LogP contribution in [-0.2, 0) is 4.74 Å². The molecule has 0 bridgehead atoms. The summed E-state index contributed by atoms with van der Waals surface area (Å²) >= 11 is 0. The van der Waals surface area contributed by atoms with Crippen molar-refractivity contribution in [2.24, 2.45) is 0 Å². The lowest BCUT2D eigenvalue weighted by molar-refractivity contribution is 0.101. The van der Waals surface area contributed by atoms with Crippen molar-refractivity contribution in [3.8, 4) is 0 Å². The molecule has 5 heteroatoms. The summed E-state index contributed by atoms with van der Waals surface area (Å²) in [5, 5.41) is 3.08. The van der Waals surface area contributed by atoms with E-state index in [1.807, 2.05) is 19.2 Å². The van der Waals surface area contributed by atoms with E-state index in [9.17, 15) is 4.79 Å².